The Hall–Kier alpha value is -2.31. The van der Waals surface area contributed by atoms with E-state index in [0.717, 1.165) is 36.5 Å². The molecule has 1 aliphatic heterocycles. The van der Waals surface area contributed by atoms with Gasteiger partial charge in [0.2, 0.25) is 0 Å². The number of nitrogens with zero attached hydrogens (tertiary/aromatic N) is 2. The van der Waals surface area contributed by atoms with Crippen LogP contribution in [0.3, 0.4) is 0 Å². The molecule has 1 saturated heterocycles. The lowest BCUT2D eigenvalue weighted by Gasteiger charge is -2.17. The second kappa shape index (κ2) is 12.4. The third kappa shape index (κ3) is 7.18. The van der Waals surface area contributed by atoms with Gasteiger partial charge in [-0.1, -0.05) is 24.3 Å². The van der Waals surface area contributed by atoms with E-state index in [4.69, 9.17) is 14.7 Å². The van der Waals surface area contributed by atoms with E-state index in [2.05, 4.69) is 46.8 Å². The predicted molar refractivity (Wildman–Crippen MR) is 129 cm³/mol. The van der Waals surface area contributed by atoms with Crippen molar-refractivity contribution < 1.29 is 9.47 Å². The summed E-state index contributed by atoms with van der Waals surface area (Å²) in [7, 11) is 1.74. The van der Waals surface area contributed by atoms with Gasteiger partial charge in [-0.05, 0) is 42.7 Å². The van der Waals surface area contributed by atoms with Crippen LogP contribution in [0.5, 0.6) is 5.75 Å². The Bertz CT molecular complexity index is 889. The molecule has 0 saturated carbocycles. The number of nitrogens with one attached hydrogen (secondary N) is 2. The molecule has 1 atom stereocenters. The van der Waals surface area contributed by atoms with Crippen molar-refractivity contribution >= 4 is 29.9 Å². The zero-order valence-electron chi connectivity index (χ0n) is 17.5. The molecule has 2 N–H and O–H groups in total. The molecule has 30 heavy (non-hydrogen) atoms. The van der Waals surface area contributed by atoms with Crippen LogP contribution in [0.15, 0.2) is 47.5 Å². The summed E-state index contributed by atoms with van der Waals surface area (Å²) in [5.41, 5.74) is 3.95. The Labute approximate surface area is 195 Å². The van der Waals surface area contributed by atoms with Gasteiger partial charge in [-0.25, -0.2) is 0 Å². The Morgan fingerprint density at radius 1 is 1.23 bits per heavy atom. The maximum atomic E-state index is 9.03. The van der Waals surface area contributed by atoms with Crippen LogP contribution in [0.4, 0.5) is 0 Å². The lowest BCUT2D eigenvalue weighted by atomic mass is 10.1. The lowest BCUT2D eigenvalue weighted by molar-refractivity contribution is 0.166. The van der Waals surface area contributed by atoms with Gasteiger partial charge >= 0.3 is 0 Å². The number of halogens is 1. The SMILES string of the molecule is CN=C(NCc1cccc(C#N)c1)NCc1ccc(C)cc1OCC1CCOC1.I. The Morgan fingerprint density at radius 2 is 2.07 bits per heavy atom. The smallest absolute Gasteiger partial charge is 0.191 e. The molecule has 2 aromatic carbocycles. The highest BCUT2D eigenvalue weighted by Crippen LogP contribution is 2.22. The first kappa shape index (κ1) is 24.0. The second-order valence-electron chi connectivity index (χ2n) is 7.24. The highest BCUT2D eigenvalue weighted by molar-refractivity contribution is 14.0. The van der Waals surface area contributed by atoms with Crippen LogP contribution in [0.2, 0.25) is 0 Å². The summed E-state index contributed by atoms with van der Waals surface area (Å²) >= 11 is 0. The number of hydrogen-bond donors (Lipinski definition) is 2. The summed E-state index contributed by atoms with van der Waals surface area (Å²) in [6.07, 6.45) is 1.06. The minimum Gasteiger partial charge on any atom is -0.493 e. The monoisotopic (exact) mass is 520 g/mol. The Kier molecular flexibility index (Phi) is 9.91. The molecule has 1 unspecified atom stereocenters. The third-order valence-corrected chi connectivity index (χ3v) is 4.91. The minimum atomic E-state index is 0. The molecule has 2 aromatic rings. The number of benzene rings is 2. The Balaban J connectivity index is 0.00000320. The Morgan fingerprint density at radius 3 is 2.80 bits per heavy atom. The number of aryl methyl sites for hydroxylation is 1. The number of aliphatic imine (C=N–C) groups is 1. The van der Waals surface area contributed by atoms with Crippen LogP contribution < -0.4 is 15.4 Å². The van der Waals surface area contributed by atoms with Crippen LogP contribution in [-0.2, 0) is 17.8 Å². The van der Waals surface area contributed by atoms with Gasteiger partial charge in [-0.3, -0.25) is 4.99 Å². The van der Waals surface area contributed by atoms with E-state index >= 15 is 0 Å². The van der Waals surface area contributed by atoms with Crippen molar-refractivity contribution in [3.8, 4) is 11.8 Å². The van der Waals surface area contributed by atoms with Gasteiger partial charge in [0.05, 0.1) is 24.8 Å². The van der Waals surface area contributed by atoms with Crippen LogP contribution in [0.1, 0.15) is 28.7 Å². The van der Waals surface area contributed by atoms with Crippen molar-refractivity contribution in [1.82, 2.24) is 10.6 Å². The van der Waals surface area contributed by atoms with Gasteiger partial charge in [0, 0.05) is 38.2 Å². The molecule has 1 aliphatic rings. The van der Waals surface area contributed by atoms with Crippen molar-refractivity contribution in [3.63, 3.8) is 0 Å². The van der Waals surface area contributed by atoms with E-state index in [1.54, 1.807) is 13.1 Å². The topological polar surface area (TPSA) is 78.7 Å². The standard InChI is InChI=1S/C23H28N4O2.HI/c1-17-6-7-21(22(10-17)29-16-20-8-9-28-15-20)14-27-23(25-2)26-13-19-5-3-4-18(11-19)12-24;/h3-7,10-11,20H,8-9,13-16H2,1-2H3,(H2,25,26,27);1H. The first-order valence-corrected chi connectivity index (χ1v) is 9.91. The van der Waals surface area contributed by atoms with Gasteiger partial charge in [-0.2, -0.15) is 5.26 Å². The second-order valence-corrected chi connectivity index (χ2v) is 7.24. The van der Waals surface area contributed by atoms with Crippen molar-refractivity contribution in [3.05, 3.63) is 64.7 Å². The van der Waals surface area contributed by atoms with E-state index in [1.807, 2.05) is 18.2 Å². The van der Waals surface area contributed by atoms with Crippen molar-refractivity contribution in [1.29, 1.82) is 5.26 Å². The minimum absolute atomic E-state index is 0. The number of ether oxygens (including phenoxy) is 2. The van der Waals surface area contributed by atoms with Crippen LogP contribution in [0, 0.1) is 24.2 Å². The molecule has 1 fully saturated rings. The summed E-state index contributed by atoms with van der Waals surface area (Å²) in [6, 6.07) is 16.0. The summed E-state index contributed by atoms with van der Waals surface area (Å²) in [6.45, 7) is 5.55. The van der Waals surface area contributed by atoms with Gasteiger partial charge in [0.1, 0.15) is 5.75 Å². The molecule has 160 valence electrons. The first-order chi connectivity index (χ1) is 14.2. The molecular formula is C23H29IN4O2. The molecule has 0 spiro atoms. The van der Waals surface area contributed by atoms with Crippen molar-refractivity contribution in [2.45, 2.75) is 26.4 Å². The van der Waals surface area contributed by atoms with Crippen molar-refractivity contribution in [2.75, 3.05) is 26.9 Å². The predicted octanol–water partition coefficient (Wildman–Crippen LogP) is 3.77. The molecule has 0 amide bonds. The quantitative estimate of drug-likeness (QED) is 0.330. The molecule has 6 nitrogen and oxygen atoms in total. The van der Waals surface area contributed by atoms with Crippen LogP contribution in [-0.4, -0.2) is 32.8 Å². The van der Waals surface area contributed by atoms with E-state index in [0.29, 0.717) is 37.1 Å². The fourth-order valence-electron chi connectivity index (χ4n) is 3.20. The lowest BCUT2D eigenvalue weighted by Crippen LogP contribution is -2.36. The van der Waals surface area contributed by atoms with Crippen molar-refractivity contribution in [2.24, 2.45) is 10.9 Å². The van der Waals surface area contributed by atoms with Gasteiger partial charge in [0.15, 0.2) is 5.96 Å². The number of nitriles is 1. The number of hydrogen-bond acceptors (Lipinski definition) is 4. The number of guanidine groups is 1. The highest BCUT2D eigenvalue weighted by atomic mass is 127. The normalized spacial score (nSPS) is 15.8. The fourth-order valence-corrected chi connectivity index (χ4v) is 3.20. The zero-order valence-corrected chi connectivity index (χ0v) is 19.8. The average Bonchev–Trinajstić information content (AvgIpc) is 3.27. The van der Waals surface area contributed by atoms with Crippen LogP contribution in [0.25, 0.3) is 0 Å². The molecule has 0 aliphatic carbocycles. The maximum Gasteiger partial charge on any atom is 0.191 e. The molecule has 7 heteroatoms. The summed E-state index contributed by atoms with van der Waals surface area (Å²) in [5, 5.41) is 15.7. The van der Waals surface area contributed by atoms with E-state index in [-0.39, 0.29) is 24.0 Å². The summed E-state index contributed by atoms with van der Waals surface area (Å²) < 4.78 is 11.5. The molecule has 0 aromatic heterocycles. The van der Waals surface area contributed by atoms with Crippen LogP contribution >= 0.6 is 24.0 Å². The summed E-state index contributed by atoms with van der Waals surface area (Å²) in [4.78, 5) is 4.29. The van der Waals surface area contributed by atoms with E-state index in [1.165, 1.54) is 5.56 Å². The third-order valence-electron chi connectivity index (χ3n) is 4.91. The first-order valence-electron chi connectivity index (χ1n) is 9.91. The van der Waals surface area contributed by atoms with E-state index in [9.17, 15) is 0 Å². The van der Waals surface area contributed by atoms with Gasteiger partial charge in [-0.15, -0.1) is 24.0 Å². The number of rotatable bonds is 7. The molecule has 0 bridgehead atoms. The van der Waals surface area contributed by atoms with Gasteiger partial charge in [0.25, 0.3) is 0 Å². The zero-order chi connectivity index (χ0) is 20.5. The molecule has 3 rings (SSSR count). The molecule has 1 heterocycles. The average molecular weight is 520 g/mol. The highest BCUT2D eigenvalue weighted by Gasteiger charge is 2.17. The largest absolute Gasteiger partial charge is 0.493 e. The molecule has 0 radical (unpaired) electrons. The van der Waals surface area contributed by atoms with Gasteiger partial charge < -0.3 is 20.1 Å². The maximum absolute atomic E-state index is 9.03. The summed E-state index contributed by atoms with van der Waals surface area (Å²) in [5.74, 6) is 2.07. The van der Waals surface area contributed by atoms with E-state index < -0.39 is 0 Å². The molecular weight excluding hydrogens is 491 g/mol. The fraction of sp³-hybridized carbons (Fsp3) is 0.391.